The van der Waals surface area contributed by atoms with Gasteiger partial charge in [0.15, 0.2) is 0 Å². The third kappa shape index (κ3) is 4.93. The summed E-state index contributed by atoms with van der Waals surface area (Å²) in [5.74, 6) is -0.402. The van der Waals surface area contributed by atoms with Gasteiger partial charge in [-0.3, -0.25) is 4.79 Å². The van der Waals surface area contributed by atoms with Crippen molar-refractivity contribution in [3.05, 3.63) is 35.6 Å². The number of carbonyl (C=O) groups is 1. The minimum atomic E-state index is -0.311. The van der Waals surface area contributed by atoms with Crippen LogP contribution >= 0.6 is 15.9 Å². The lowest BCUT2D eigenvalue weighted by Gasteiger charge is -2.06. The maximum atomic E-state index is 12.8. The molecular weight excluding hydrogens is 261 g/mol. The molecule has 0 aliphatic carbocycles. The lowest BCUT2D eigenvalue weighted by molar-refractivity contribution is -0.120. The molecule has 0 bridgehead atoms. The quantitative estimate of drug-likeness (QED) is 0.838. The van der Waals surface area contributed by atoms with Crippen LogP contribution in [-0.2, 0) is 11.2 Å². The minimum absolute atomic E-state index is 0.0908. The van der Waals surface area contributed by atoms with E-state index in [1.165, 1.54) is 12.1 Å². The van der Waals surface area contributed by atoms with Crippen molar-refractivity contribution in [2.45, 2.75) is 18.2 Å². The highest BCUT2D eigenvalue weighted by Gasteiger charge is 2.04. The van der Waals surface area contributed by atoms with Crippen LogP contribution in [-0.4, -0.2) is 17.3 Å². The summed E-state index contributed by atoms with van der Waals surface area (Å²) in [6.45, 7) is 2.52. The molecule has 0 aromatic heterocycles. The number of rotatable bonds is 4. The largest absolute Gasteiger partial charge is 0.355 e. The van der Waals surface area contributed by atoms with Crippen LogP contribution in [0.3, 0.4) is 0 Å². The van der Waals surface area contributed by atoms with Crippen LogP contribution in [0.25, 0.3) is 0 Å². The maximum Gasteiger partial charge on any atom is 0.224 e. The number of hydrogen-bond donors (Lipinski definition) is 1. The van der Waals surface area contributed by atoms with Crippen molar-refractivity contribution < 1.29 is 9.18 Å². The van der Waals surface area contributed by atoms with Crippen LogP contribution in [0.1, 0.15) is 12.5 Å². The zero-order chi connectivity index (χ0) is 11.3. The maximum absolute atomic E-state index is 12.8. The van der Waals surface area contributed by atoms with Gasteiger partial charge in [0.1, 0.15) is 5.82 Å². The fourth-order valence-corrected chi connectivity index (χ4v) is 1.31. The van der Waals surface area contributed by atoms with Gasteiger partial charge in [-0.2, -0.15) is 0 Å². The van der Waals surface area contributed by atoms with Crippen molar-refractivity contribution in [2.24, 2.45) is 0 Å². The van der Waals surface area contributed by atoms with Gasteiger partial charge >= 0.3 is 0 Å². The summed E-state index contributed by atoms with van der Waals surface area (Å²) in [6.07, 6.45) is 0.220. The second-order valence-corrected chi connectivity index (χ2v) is 4.95. The van der Waals surface area contributed by atoms with E-state index in [9.17, 15) is 9.18 Å². The summed E-state index contributed by atoms with van der Waals surface area (Å²) < 4.78 is 12.8. The summed E-state index contributed by atoms with van der Waals surface area (Å²) in [4.78, 5) is 11.6. The number of hydrogen-bond acceptors (Lipinski definition) is 1. The first-order valence-electron chi connectivity index (χ1n) is 4.73. The molecular formula is C11H13BrFNO. The Kier molecular flexibility index (Phi) is 4.75. The molecule has 0 radical (unpaired) electrons. The Morgan fingerprint density at radius 1 is 1.60 bits per heavy atom. The van der Waals surface area contributed by atoms with E-state index in [1.54, 1.807) is 12.1 Å². The molecule has 0 aliphatic rings. The molecule has 1 rings (SSSR count). The molecule has 1 atom stereocenters. The normalized spacial score (nSPS) is 12.2. The standard InChI is InChI=1S/C11H13BrFNO/c1-8(12)7-14-11(15)6-9-3-2-4-10(13)5-9/h2-5,8H,6-7H2,1H3,(H,14,15). The second kappa shape index (κ2) is 5.85. The number of carbonyl (C=O) groups excluding carboxylic acids is 1. The Balaban J connectivity index is 2.44. The van der Waals surface area contributed by atoms with Gasteiger partial charge in [0, 0.05) is 11.4 Å². The number of nitrogens with one attached hydrogen (secondary N) is 1. The second-order valence-electron chi connectivity index (χ2n) is 3.39. The Hall–Kier alpha value is -0.900. The summed E-state index contributed by atoms with van der Waals surface area (Å²) in [5.41, 5.74) is 0.690. The summed E-state index contributed by atoms with van der Waals surface area (Å²) in [6, 6.07) is 6.07. The van der Waals surface area contributed by atoms with Crippen molar-refractivity contribution in [3.8, 4) is 0 Å². The van der Waals surface area contributed by atoms with Gasteiger partial charge in [-0.15, -0.1) is 0 Å². The molecule has 0 heterocycles. The molecule has 0 saturated carbocycles. The third-order valence-electron chi connectivity index (χ3n) is 1.83. The average Bonchev–Trinajstić information content (AvgIpc) is 2.15. The molecule has 0 saturated heterocycles. The fourth-order valence-electron chi connectivity index (χ4n) is 1.15. The van der Waals surface area contributed by atoms with Crippen molar-refractivity contribution in [1.82, 2.24) is 5.32 Å². The van der Waals surface area contributed by atoms with Crippen LogP contribution in [0.2, 0.25) is 0 Å². The topological polar surface area (TPSA) is 29.1 Å². The van der Waals surface area contributed by atoms with Crippen LogP contribution < -0.4 is 5.32 Å². The van der Waals surface area contributed by atoms with Crippen LogP contribution in [0.4, 0.5) is 4.39 Å². The Morgan fingerprint density at radius 3 is 2.93 bits per heavy atom. The smallest absolute Gasteiger partial charge is 0.224 e. The SMILES string of the molecule is CC(Br)CNC(=O)Cc1cccc(F)c1. The van der Waals surface area contributed by atoms with Crippen LogP contribution in [0.15, 0.2) is 24.3 Å². The van der Waals surface area contributed by atoms with Crippen LogP contribution in [0.5, 0.6) is 0 Å². The summed E-state index contributed by atoms with van der Waals surface area (Å²) in [7, 11) is 0. The van der Waals surface area contributed by atoms with Gasteiger partial charge < -0.3 is 5.32 Å². The van der Waals surface area contributed by atoms with E-state index in [4.69, 9.17) is 0 Å². The summed E-state index contributed by atoms with van der Waals surface area (Å²) in [5, 5.41) is 2.74. The molecule has 82 valence electrons. The molecule has 2 nitrogen and oxygen atoms in total. The number of benzene rings is 1. The Labute approximate surface area is 97.0 Å². The van der Waals surface area contributed by atoms with Gasteiger partial charge in [-0.25, -0.2) is 4.39 Å². The Bertz CT molecular complexity index is 341. The van der Waals surface area contributed by atoms with E-state index in [0.717, 1.165) is 0 Å². The van der Waals surface area contributed by atoms with Gasteiger partial charge in [0.2, 0.25) is 5.91 Å². The lowest BCUT2D eigenvalue weighted by Crippen LogP contribution is -2.29. The molecule has 0 aliphatic heterocycles. The molecule has 1 unspecified atom stereocenters. The van der Waals surface area contributed by atoms with Crippen LogP contribution in [0, 0.1) is 5.82 Å². The highest BCUT2D eigenvalue weighted by Crippen LogP contribution is 2.04. The van der Waals surface area contributed by atoms with E-state index < -0.39 is 0 Å². The zero-order valence-electron chi connectivity index (χ0n) is 8.47. The van der Waals surface area contributed by atoms with Gasteiger partial charge in [0.05, 0.1) is 6.42 Å². The summed E-state index contributed by atoms with van der Waals surface area (Å²) >= 11 is 3.33. The van der Waals surface area contributed by atoms with E-state index >= 15 is 0 Å². The molecule has 1 aromatic carbocycles. The first-order chi connectivity index (χ1) is 7.08. The first-order valence-corrected chi connectivity index (χ1v) is 5.64. The van der Waals surface area contributed by atoms with Crippen molar-refractivity contribution >= 4 is 21.8 Å². The fraction of sp³-hybridized carbons (Fsp3) is 0.364. The van der Waals surface area contributed by atoms with E-state index in [-0.39, 0.29) is 23.0 Å². The molecule has 4 heteroatoms. The van der Waals surface area contributed by atoms with Gasteiger partial charge in [-0.1, -0.05) is 35.0 Å². The van der Waals surface area contributed by atoms with Gasteiger partial charge in [0.25, 0.3) is 0 Å². The number of amides is 1. The first kappa shape index (κ1) is 12.2. The molecule has 0 spiro atoms. The number of halogens is 2. The molecule has 1 N–H and O–H groups in total. The van der Waals surface area contributed by atoms with E-state index in [0.29, 0.717) is 12.1 Å². The van der Waals surface area contributed by atoms with Crippen molar-refractivity contribution in [1.29, 1.82) is 0 Å². The zero-order valence-corrected chi connectivity index (χ0v) is 10.1. The van der Waals surface area contributed by atoms with E-state index in [2.05, 4.69) is 21.2 Å². The average molecular weight is 274 g/mol. The highest BCUT2D eigenvalue weighted by atomic mass is 79.9. The van der Waals surface area contributed by atoms with Crippen molar-refractivity contribution in [3.63, 3.8) is 0 Å². The third-order valence-corrected chi connectivity index (χ3v) is 2.16. The molecule has 1 aromatic rings. The molecule has 1 amide bonds. The number of alkyl halides is 1. The predicted molar refractivity (Wildman–Crippen MR) is 61.5 cm³/mol. The highest BCUT2D eigenvalue weighted by molar-refractivity contribution is 9.09. The Morgan fingerprint density at radius 2 is 2.33 bits per heavy atom. The van der Waals surface area contributed by atoms with Crippen molar-refractivity contribution in [2.75, 3.05) is 6.54 Å². The van der Waals surface area contributed by atoms with E-state index in [1.807, 2.05) is 6.92 Å². The minimum Gasteiger partial charge on any atom is -0.355 e. The molecule has 0 fully saturated rings. The lowest BCUT2D eigenvalue weighted by atomic mass is 10.1. The predicted octanol–water partition coefficient (Wildman–Crippen LogP) is 2.27. The monoisotopic (exact) mass is 273 g/mol. The molecule has 15 heavy (non-hydrogen) atoms. The van der Waals surface area contributed by atoms with Gasteiger partial charge in [-0.05, 0) is 17.7 Å².